The molecule has 0 aliphatic heterocycles. The van der Waals surface area contributed by atoms with Crippen molar-refractivity contribution >= 4 is 49.8 Å². The summed E-state index contributed by atoms with van der Waals surface area (Å²) in [5.74, 6) is -0.444. The van der Waals surface area contributed by atoms with E-state index < -0.39 is 15.9 Å². The minimum absolute atomic E-state index is 0.0503. The molecule has 0 spiro atoms. The van der Waals surface area contributed by atoms with Crippen LogP contribution in [0.2, 0.25) is 0 Å². The Morgan fingerprint density at radius 1 is 1.06 bits per heavy atom. The van der Waals surface area contributed by atoms with Crippen LogP contribution in [0.15, 0.2) is 45.6 Å². The highest BCUT2D eigenvalue weighted by Crippen LogP contribution is 2.29. The molecule has 164 valence electrons. The molecule has 0 saturated heterocycles. The van der Waals surface area contributed by atoms with Gasteiger partial charge in [-0.1, -0.05) is 55.1 Å². The summed E-state index contributed by atoms with van der Waals surface area (Å²) in [5.41, 5.74) is 3.11. The number of hydrogen-bond donors (Lipinski definition) is 2. The number of benzene rings is 2. The molecule has 1 amide bonds. The summed E-state index contributed by atoms with van der Waals surface area (Å²) in [6.45, 7) is 9.56. The summed E-state index contributed by atoms with van der Waals surface area (Å²) in [5, 5.41) is 11.4. The quantitative estimate of drug-likeness (QED) is 0.367. The number of aromatic nitrogens is 2. The fourth-order valence-corrected chi connectivity index (χ4v) is 6.14. The zero-order chi connectivity index (χ0) is 22.8. The Balaban J connectivity index is 1.84. The van der Waals surface area contributed by atoms with Crippen LogP contribution in [-0.4, -0.2) is 29.8 Å². The van der Waals surface area contributed by atoms with E-state index in [1.807, 2.05) is 33.8 Å². The van der Waals surface area contributed by atoms with Crippen molar-refractivity contribution in [2.75, 3.05) is 10.0 Å². The number of rotatable bonds is 7. The smallest absolute Gasteiger partial charge is 0.262 e. The number of carbonyl (C=O) groups excluding carboxylic acids is 1. The highest BCUT2D eigenvalue weighted by Gasteiger charge is 2.21. The highest BCUT2D eigenvalue weighted by atomic mass is 32.2. The van der Waals surface area contributed by atoms with Crippen LogP contribution in [0, 0.1) is 20.8 Å². The van der Waals surface area contributed by atoms with E-state index in [9.17, 15) is 13.2 Å². The van der Waals surface area contributed by atoms with Gasteiger partial charge in [0, 0.05) is 10.8 Å². The van der Waals surface area contributed by atoms with Gasteiger partial charge < -0.3 is 0 Å². The van der Waals surface area contributed by atoms with Gasteiger partial charge in [-0.2, -0.15) is 0 Å². The lowest BCUT2D eigenvalue weighted by Crippen LogP contribution is -2.17. The third kappa shape index (κ3) is 5.63. The van der Waals surface area contributed by atoms with Gasteiger partial charge >= 0.3 is 0 Å². The van der Waals surface area contributed by atoms with Crippen LogP contribution in [0.25, 0.3) is 0 Å². The van der Waals surface area contributed by atoms with Crippen molar-refractivity contribution in [2.45, 2.75) is 49.1 Å². The van der Waals surface area contributed by atoms with E-state index in [-0.39, 0.29) is 10.5 Å². The summed E-state index contributed by atoms with van der Waals surface area (Å²) < 4.78 is 29.5. The van der Waals surface area contributed by atoms with Crippen LogP contribution in [0.4, 0.5) is 10.8 Å². The molecule has 10 heteroatoms. The monoisotopic (exact) mass is 476 g/mol. The van der Waals surface area contributed by atoms with Gasteiger partial charge in [-0.05, 0) is 55.7 Å². The Morgan fingerprint density at radius 2 is 1.81 bits per heavy atom. The van der Waals surface area contributed by atoms with Crippen molar-refractivity contribution in [1.29, 1.82) is 0 Å². The lowest BCUT2D eigenvalue weighted by atomic mass is 10.1. The molecule has 1 aromatic heterocycles. The van der Waals surface area contributed by atoms with Crippen molar-refractivity contribution < 1.29 is 13.2 Å². The second-order valence-corrected chi connectivity index (χ2v) is 11.8. The maximum absolute atomic E-state index is 13.1. The Morgan fingerprint density at radius 3 is 2.52 bits per heavy atom. The van der Waals surface area contributed by atoms with E-state index in [0.29, 0.717) is 21.6 Å². The van der Waals surface area contributed by atoms with E-state index in [1.54, 1.807) is 43.0 Å². The number of amides is 1. The number of anilines is 2. The van der Waals surface area contributed by atoms with Crippen LogP contribution < -0.4 is 10.0 Å². The number of hydrogen-bond acceptors (Lipinski definition) is 7. The van der Waals surface area contributed by atoms with Crippen LogP contribution in [-0.2, 0) is 10.0 Å². The van der Waals surface area contributed by atoms with Crippen molar-refractivity contribution in [1.82, 2.24) is 10.2 Å². The molecule has 0 saturated carbocycles. The van der Waals surface area contributed by atoms with Gasteiger partial charge in [0.05, 0.1) is 10.6 Å². The lowest BCUT2D eigenvalue weighted by Gasteiger charge is -2.14. The largest absolute Gasteiger partial charge is 0.296 e. The van der Waals surface area contributed by atoms with E-state index in [0.717, 1.165) is 15.5 Å². The first-order valence-corrected chi connectivity index (χ1v) is 12.8. The minimum atomic E-state index is -3.88. The molecule has 31 heavy (non-hydrogen) atoms. The topological polar surface area (TPSA) is 101 Å². The molecule has 3 aromatic rings. The molecule has 0 aliphatic carbocycles. The molecule has 0 radical (unpaired) electrons. The molecule has 0 atom stereocenters. The fraction of sp³-hybridized carbons (Fsp3) is 0.286. The Bertz CT molecular complexity index is 1220. The Labute approximate surface area is 190 Å². The maximum Gasteiger partial charge on any atom is 0.262 e. The average Bonchev–Trinajstić information content (AvgIpc) is 3.11. The number of sulfonamides is 1. The summed E-state index contributed by atoms with van der Waals surface area (Å²) in [6, 6.07) is 10.0. The second-order valence-electron chi connectivity index (χ2n) is 7.33. The Kier molecular flexibility index (Phi) is 7.03. The predicted octanol–water partition coefficient (Wildman–Crippen LogP) is 5.02. The normalized spacial score (nSPS) is 11.5. The van der Waals surface area contributed by atoms with Crippen LogP contribution >= 0.6 is 23.1 Å². The Hall–Kier alpha value is -2.43. The maximum atomic E-state index is 13.1. The van der Waals surface area contributed by atoms with Crippen molar-refractivity contribution in [3.63, 3.8) is 0 Å². The van der Waals surface area contributed by atoms with Crippen LogP contribution in [0.5, 0.6) is 0 Å². The minimum Gasteiger partial charge on any atom is -0.296 e. The first kappa shape index (κ1) is 23.2. The number of carbonyl (C=O) groups is 1. The van der Waals surface area contributed by atoms with Crippen LogP contribution in [0.3, 0.4) is 0 Å². The number of nitrogens with zero attached hydrogens (tertiary/aromatic N) is 2. The summed E-state index contributed by atoms with van der Waals surface area (Å²) in [6.07, 6.45) is 0. The van der Waals surface area contributed by atoms with Crippen molar-refractivity contribution in [3.8, 4) is 0 Å². The molecule has 0 bridgehead atoms. The molecule has 1 heterocycles. The average molecular weight is 477 g/mol. The number of aryl methyl sites for hydroxylation is 2. The first-order chi connectivity index (χ1) is 14.6. The molecule has 2 aromatic carbocycles. The van der Waals surface area contributed by atoms with Gasteiger partial charge in [0.25, 0.3) is 15.9 Å². The molecular formula is C21H24N4O3S3. The van der Waals surface area contributed by atoms with Gasteiger partial charge in [-0.3, -0.25) is 14.8 Å². The van der Waals surface area contributed by atoms with Crippen molar-refractivity contribution in [2.24, 2.45) is 0 Å². The molecular weight excluding hydrogens is 452 g/mol. The van der Waals surface area contributed by atoms with Gasteiger partial charge in [0.1, 0.15) is 0 Å². The predicted molar refractivity (Wildman–Crippen MR) is 127 cm³/mol. The number of thioether (sulfide) groups is 1. The van der Waals surface area contributed by atoms with E-state index in [4.69, 9.17) is 0 Å². The number of nitrogens with one attached hydrogen (secondary N) is 2. The van der Waals surface area contributed by atoms with Crippen molar-refractivity contribution in [3.05, 3.63) is 58.7 Å². The molecule has 0 fully saturated rings. The standard InChI is InChI=1S/C21H24N4O3S3/c1-12(2)29-21-24-23-20(30-21)22-19(26)16-10-9-14(4)18(11-16)31(27,28)25-17-8-6-7-13(3)15(17)5/h6-12,25H,1-5H3,(H,22,23,26). The summed E-state index contributed by atoms with van der Waals surface area (Å²) in [4.78, 5) is 12.7. The molecule has 3 rings (SSSR count). The zero-order valence-corrected chi connectivity index (χ0v) is 20.3. The SMILES string of the molecule is Cc1ccc(C(=O)Nc2nnc(SC(C)C)s2)cc1S(=O)(=O)Nc1cccc(C)c1C. The summed E-state index contributed by atoms with van der Waals surface area (Å²) >= 11 is 2.84. The lowest BCUT2D eigenvalue weighted by molar-refractivity contribution is 0.102. The molecule has 0 unspecified atom stereocenters. The van der Waals surface area contributed by atoms with E-state index in [1.165, 1.54) is 17.4 Å². The molecule has 0 aliphatic rings. The first-order valence-electron chi connectivity index (χ1n) is 9.58. The molecule has 7 nitrogen and oxygen atoms in total. The third-order valence-electron chi connectivity index (χ3n) is 4.55. The second kappa shape index (κ2) is 9.37. The van der Waals surface area contributed by atoms with Crippen LogP contribution in [0.1, 0.15) is 40.9 Å². The van der Waals surface area contributed by atoms with Gasteiger partial charge in [-0.15, -0.1) is 10.2 Å². The molecule has 2 N–H and O–H groups in total. The third-order valence-corrected chi connectivity index (χ3v) is 7.99. The summed E-state index contributed by atoms with van der Waals surface area (Å²) in [7, 11) is -3.88. The van der Waals surface area contributed by atoms with Gasteiger partial charge in [0.15, 0.2) is 4.34 Å². The fourth-order valence-electron chi connectivity index (χ4n) is 2.77. The van der Waals surface area contributed by atoms with Gasteiger partial charge in [0.2, 0.25) is 5.13 Å². The van der Waals surface area contributed by atoms with E-state index >= 15 is 0 Å². The zero-order valence-electron chi connectivity index (χ0n) is 17.9. The van der Waals surface area contributed by atoms with E-state index in [2.05, 4.69) is 20.2 Å². The highest BCUT2D eigenvalue weighted by molar-refractivity contribution is 8.01. The van der Waals surface area contributed by atoms with Gasteiger partial charge in [-0.25, -0.2) is 8.42 Å².